The maximum atomic E-state index is 13.1. The van der Waals surface area contributed by atoms with Gasteiger partial charge in [0, 0.05) is 16.7 Å². The fraction of sp³-hybridized carbons (Fsp3) is 0.150. The lowest BCUT2D eigenvalue weighted by atomic mass is 10.1. The summed E-state index contributed by atoms with van der Waals surface area (Å²) in [7, 11) is 0. The lowest BCUT2D eigenvalue weighted by Gasteiger charge is -2.21. The predicted molar refractivity (Wildman–Crippen MR) is 99.3 cm³/mol. The van der Waals surface area contributed by atoms with Crippen LogP contribution in [0.3, 0.4) is 0 Å². The number of carbonyl (C=O) groups excluding carboxylic acids is 3. The van der Waals surface area contributed by atoms with Crippen molar-refractivity contribution in [1.29, 1.82) is 0 Å². The number of nitrogens with zero attached hydrogens (tertiary/aromatic N) is 4. The molecule has 0 bridgehead atoms. The van der Waals surface area contributed by atoms with Crippen LogP contribution in [0.15, 0.2) is 54.6 Å². The molecule has 136 valence electrons. The molecular formula is C20H18N4O3. The van der Waals surface area contributed by atoms with Gasteiger partial charge in [0.15, 0.2) is 5.78 Å². The second kappa shape index (κ2) is 7.33. The van der Waals surface area contributed by atoms with E-state index in [1.807, 2.05) is 0 Å². The molecule has 1 aromatic heterocycles. The van der Waals surface area contributed by atoms with Crippen molar-refractivity contribution in [1.82, 2.24) is 15.1 Å². The summed E-state index contributed by atoms with van der Waals surface area (Å²) in [5.41, 5.74) is 2.28. The lowest BCUT2D eigenvalue weighted by Crippen LogP contribution is -2.46. The molecule has 0 N–H and O–H groups in total. The van der Waals surface area contributed by atoms with E-state index < -0.39 is 11.8 Å². The Hall–Kier alpha value is -3.61. The molecule has 1 heterocycles. The number of Topliss-reactive ketones (excluding diaryl/α,β-unsaturated/α-hetero) is 1. The number of imide groups is 1. The summed E-state index contributed by atoms with van der Waals surface area (Å²) < 4.78 is 0. The Morgan fingerprint density at radius 1 is 0.815 bits per heavy atom. The number of hydrogen-bond acceptors (Lipinski definition) is 5. The van der Waals surface area contributed by atoms with Crippen molar-refractivity contribution < 1.29 is 14.4 Å². The highest BCUT2D eigenvalue weighted by Gasteiger charge is 2.28. The first-order valence-corrected chi connectivity index (χ1v) is 8.34. The Bertz CT molecular complexity index is 1010. The topological polar surface area (TPSA) is 85.2 Å². The van der Waals surface area contributed by atoms with Crippen LogP contribution in [0.1, 0.15) is 49.4 Å². The normalized spacial score (nSPS) is 10.5. The van der Waals surface area contributed by atoms with Gasteiger partial charge in [0.05, 0.1) is 11.4 Å². The summed E-state index contributed by atoms with van der Waals surface area (Å²) in [6, 6.07) is 14.6. The number of aryl methyl sites for hydroxylation is 1. The molecule has 2 amide bonds. The lowest BCUT2D eigenvalue weighted by molar-refractivity contribution is 0.0845. The Labute approximate surface area is 156 Å². The number of carbonyl (C=O) groups is 3. The summed E-state index contributed by atoms with van der Waals surface area (Å²) in [4.78, 5) is 38.8. The summed E-state index contributed by atoms with van der Waals surface area (Å²) in [6.07, 6.45) is 0. The summed E-state index contributed by atoms with van der Waals surface area (Å²) >= 11 is 0. The van der Waals surface area contributed by atoms with Crippen LogP contribution >= 0.6 is 0 Å². The molecular weight excluding hydrogens is 344 g/mol. The van der Waals surface area contributed by atoms with Crippen molar-refractivity contribution in [3.63, 3.8) is 0 Å². The second-order valence-corrected chi connectivity index (χ2v) is 6.07. The van der Waals surface area contributed by atoms with Crippen LogP contribution in [0.2, 0.25) is 0 Å². The minimum Gasteiger partial charge on any atom is -0.295 e. The third-order valence-corrected chi connectivity index (χ3v) is 4.24. The quantitative estimate of drug-likeness (QED) is 0.526. The van der Waals surface area contributed by atoms with Gasteiger partial charge in [-0.05, 0) is 50.3 Å². The molecule has 7 nitrogen and oxygen atoms in total. The standard InChI is InChI=1S/C20H18N4O3/c1-13-14(2)24(22-21-13)23(19(26)17-7-5-4-6-8-17)20(27)18-11-9-16(10-12-18)15(3)25/h4-12H,1-3H3. The first kappa shape index (κ1) is 18.2. The zero-order valence-electron chi connectivity index (χ0n) is 15.2. The highest BCUT2D eigenvalue weighted by atomic mass is 16.2. The highest BCUT2D eigenvalue weighted by Crippen LogP contribution is 2.13. The smallest absolute Gasteiger partial charge is 0.281 e. The molecule has 0 aliphatic carbocycles. The van der Waals surface area contributed by atoms with Gasteiger partial charge >= 0.3 is 0 Å². The first-order valence-electron chi connectivity index (χ1n) is 8.34. The van der Waals surface area contributed by atoms with Crippen molar-refractivity contribution >= 4 is 17.6 Å². The zero-order chi connectivity index (χ0) is 19.6. The van der Waals surface area contributed by atoms with Gasteiger partial charge in [-0.3, -0.25) is 14.4 Å². The van der Waals surface area contributed by atoms with E-state index in [0.29, 0.717) is 22.5 Å². The first-order chi connectivity index (χ1) is 12.9. The van der Waals surface area contributed by atoms with Gasteiger partial charge < -0.3 is 0 Å². The molecule has 2 aromatic carbocycles. The molecule has 3 aromatic rings. The molecule has 0 aliphatic heterocycles. The van der Waals surface area contributed by atoms with Crippen molar-refractivity contribution in [2.75, 3.05) is 5.01 Å². The number of aromatic nitrogens is 3. The van der Waals surface area contributed by atoms with Crippen LogP contribution in [-0.4, -0.2) is 32.7 Å². The van der Waals surface area contributed by atoms with Gasteiger partial charge in [-0.2, -0.15) is 5.01 Å². The minimum absolute atomic E-state index is 0.103. The van der Waals surface area contributed by atoms with Crippen LogP contribution < -0.4 is 5.01 Å². The third kappa shape index (κ3) is 3.52. The monoisotopic (exact) mass is 362 g/mol. The molecule has 27 heavy (non-hydrogen) atoms. The largest absolute Gasteiger partial charge is 0.295 e. The van der Waals surface area contributed by atoms with Crippen LogP contribution in [0, 0.1) is 13.8 Å². The van der Waals surface area contributed by atoms with E-state index in [-0.39, 0.29) is 11.3 Å². The van der Waals surface area contributed by atoms with E-state index in [9.17, 15) is 14.4 Å². The fourth-order valence-electron chi connectivity index (χ4n) is 2.52. The van der Waals surface area contributed by atoms with Gasteiger partial charge in [-0.25, -0.2) is 0 Å². The molecule has 0 saturated heterocycles. The van der Waals surface area contributed by atoms with E-state index in [0.717, 1.165) is 5.01 Å². The van der Waals surface area contributed by atoms with Crippen molar-refractivity contribution in [3.8, 4) is 0 Å². The Morgan fingerprint density at radius 2 is 1.33 bits per heavy atom. The van der Waals surface area contributed by atoms with E-state index in [2.05, 4.69) is 10.3 Å². The van der Waals surface area contributed by atoms with E-state index >= 15 is 0 Å². The second-order valence-electron chi connectivity index (χ2n) is 6.07. The molecule has 0 fully saturated rings. The molecule has 0 unspecified atom stereocenters. The van der Waals surface area contributed by atoms with Crippen molar-refractivity contribution in [2.45, 2.75) is 20.8 Å². The number of benzene rings is 2. The maximum Gasteiger partial charge on any atom is 0.281 e. The van der Waals surface area contributed by atoms with Crippen LogP contribution in [-0.2, 0) is 0 Å². The van der Waals surface area contributed by atoms with Crippen molar-refractivity contribution in [2.24, 2.45) is 0 Å². The van der Waals surface area contributed by atoms with Gasteiger partial charge in [-0.15, -0.1) is 9.89 Å². The van der Waals surface area contributed by atoms with Crippen molar-refractivity contribution in [3.05, 3.63) is 82.7 Å². The van der Waals surface area contributed by atoms with Crippen LogP contribution in [0.4, 0.5) is 0 Å². The molecule has 0 atom stereocenters. The highest BCUT2D eigenvalue weighted by molar-refractivity contribution is 6.21. The average molecular weight is 362 g/mol. The molecule has 7 heteroatoms. The summed E-state index contributed by atoms with van der Waals surface area (Å²) in [5.74, 6) is -1.19. The minimum atomic E-state index is -0.563. The van der Waals surface area contributed by atoms with Crippen LogP contribution in [0.5, 0.6) is 0 Å². The maximum absolute atomic E-state index is 13.1. The molecule has 0 saturated carbocycles. The fourth-order valence-corrected chi connectivity index (χ4v) is 2.52. The number of hydrogen-bond donors (Lipinski definition) is 0. The molecule has 3 rings (SSSR count). The Balaban J connectivity index is 2.06. The molecule has 0 radical (unpaired) electrons. The van der Waals surface area contributed by atoms with Gasteiger partial charge in [0.25, 0.3) is 11.8 Å². The Morgan fingerprint density at radius 3 is 1.81 bits per heavy atom. The van der Waals surface area contributed by atoms with E-state index in [1.165, 1.54) is 23.8 Å². The zero-order valence-corrected chi connectivity index (χ0v) is 15.2. The average Bonchev–Trinajstić information content (AvgIpc) is 3.01. The molecule has 0 spiro atoms. The predicted octanol–water partition coefficient (Wildman–Crippen LogP) is 2.72. The van der Waals surface area contributed by atoms with E-state index in [4.69, 9.17) is 0 Å². The van der Waals surface area contributed by atoms with Gasteiger partial charge in [0.2, 0.25) is 0 Å². The van der Waals surface area contributed by atoms with Gasteiger partial charge in [0.1, 0.15) is 0 Å². The SMILES string of the molecule is CC(=O)c1ccc(C(=O)N(C(=O)c2ccccc2)n2nnc(C)c2C)cc1. The summed E-state index contributed by atoms with van der Waals surface area (Å²) in [5, 5.41) is 8.85. The number of amides is 2. The summed E-state index contributed by atoms with van der Waals surface area (Å²) in [6.45, 7) is 4.92. The number of rotatable bonds is 4. The third-order valence-electron chi connectivity index (χ3n) is 4.24. The van der Waals surface area contributed by atoms with Gasteiger partial charge in [-0.1, -0.05) is 30.3 Å². The Kier molecular flexibility index (Phi) is 4.94. The van der Waals surface area contributed by atoms with E-state index in [1.54, 1.807) is 56.3 Å². The number of ketones is 1. The van der Waals surface area contributed by atoms with Crippen LogP contribution in [0.25, 0.3) is 0 Å². The molecule has 0 aliphatic rings.